The van der Waals surface area contributed by atoms with E-state index in [-0.39, 0.29) is 16.7 Å². The van der Waals surface area contributed by atoms with Gasteiger partial charge in [0.05, 0.1) is 11.4 Å². The van der Waals surface area contributed by atoms with E-state index >= 15 is 0 Å². The molecule has 0 radical (unpaired) electrons. The summed E-state index contributed by atoms with van der Waals surface area (Å²) < 4.78 is 26.9. The summed E-state index contributed by atoms with van der Waals surface area (Å²) in [6.07, 6.45) is 4.75. The minimum Gasteiger partial charge on any atom is -0.325 e. The molecule has 2 rings (SSSR count). The van der Waals surface area contributed by atoms with Gasteiger partial charge in [-0.25, -0.2) is 13.1 Å². The van der Waals surface area contributed by atoms with E-state index in [0.717, 1.165) is 25.9 Å². The van der Waals surface area contributed by atoms with E-state index in [9.17, 15) is 13.2 Å². The van der Waals surface area contributed by atoms with E-state index < -0.39 is 10.0 Å². The average Bonchev–Trinajstić information content (AvgIpc) is 2.82. The van der Waals surface area contributed by atoms with Gasteiger partial charge in [-0.1, -0.05) is 26.7 Å². The molecule has 0 saturated carbocycles. The zero-order valence-electron chi connectivity index (χ0n) is 15.1. The van der Waals surface area contributed by atoms with E-state index in [1.807, 2.05) is 13.8 Å². The number of benzene rings is 1. The number of carbonyl (C=O) groups is 1. The molecular formula is C18H29N3O3S. The van der Waals surface area contributed by atoms with Crippen LogP contribution in [0.15, 0.2) is 29.2 Å². The molecule has 1 aromatic rings. The van der Waals surface area contributed by atoms with Crippen LogP contribution in [0, 0.1) is 5.92 Å². The summed E-state index contributed by atoms with van der Waals surface area (Å²) >= 11 is 0. The number of anilines is 1. The molecule has 0 unspecified atom stereocenters. The second-order valence-electron chi connectivity index (χ2n) is 7.01. The van der Waals surface area contributed by atoms with Gasteiger partial charge in [0.2, 0.25) is 15.9 Å². The molecule has 0 aromatic heterocycles. The van der Waals surface area contributed by atoms with Crippen molar-refractivity contribution in [2.75, 3.05) is 31.5 Å². The highest BCUT2D eigenvalue weighted by atomic mass is 32.2. The summed E-state index contributed by atoms with van der Waals surface area (Å²) in [6.45, 7) is 6.61. The molecule has 0 bridgehead atoms. The number of sulfonamides is 1. The van der Waals surface area contributed by atoms with Crippen LogP contribution in [0.1, 0.15) is 39.5 Å². The SMILES string of the molecule is CC(C)CNS(=O)(=O)c1ccc(NC(=O)CN2CCCCCC2)cc1. The number of carbonyl (C=O) groups excluding carboxylic acids is 1. The first-order valence-corrected chi connectivity index (χ1v) is 10.5. The maximum atomic E-state index is 12.2. The van der Waals surface area contributed by atoms with Gasteiger partial charge in [-0.2, -0.15) is 0 Å². The van der Waals surface area contributed by atoms with E-state index in [1.54, 1.807) is 12.1 Å². The van der Waals surface area contributed by atoms with Crippen LogP contribution in [-0.4, -0.2) is 45.4 Å². The van der Waals surface area contributed by atoms with Crippen molar-refractivity contribution in [2.24, 2.45) is 5.92 Å². The Morgan fingerprint density at radius 2 is 1.68 bits per heavy atom. The predicted octanol–water partition coefficient (Wildman–Crippen LogP) is 2.44. The zero-order chi connectivity index (χ0) is 18.3. The van der Waals surface area contributed by atoms with Crippen LogP contribution < -0.4 is 10.0 Å². The van der Waals surface area contributed by atoms with Crippen LogP contribution in [0.3, 0.4) is 0 Å². The summed E-state index contributed by atoms with van der Waals surface area (Å²) in [5.74, 6) is 0.183. The number of likely N-dealkylation sites (tertiary alicyclic amines) is 1. The molecular weight excluding hydrogens is 338 g/mol. The number of rotatable bonds is 7. The van der Waals surface area contributed by atoms with Crippen LogP contribution in [0.5, 0.6) is 0 Å². The van der Waals surface area contributed by atoms with Crippen molar-refractivity contribution in [1.29, 1.82) is 0 Å². The molecule has 0 atom stereocenters. The summed E-state index contributed by atoms with van der Waals surface area (Å²) in [7, 11) is -3.50. The van der Waals surface area contributed by atoms with Crippen molar-refractivity contribution in [2.45, 2.75) is 44.4 Å². The monoisotopic (exact) mass is 367 g/mol. The van der Waals surface area contributed by atoms with Crippen LogP contribution in [0.4, 0.5) is 5.69 Å². The van der Waals surface area contributed by atoms with Gasteiger partial charge in [0.25, 0.3) is 0 Å². The van der Waals surface area contributed by atoms with Crippen LogP contribution in [0.2, 0.25) is 0 Å². The predicted molar refractivity (Wildman–Crippen MR) is 100 cm³/mol. The lowest BCUT2D eigenvalue weighted by Crippen LogP contribution is -2.33. The first-order valence-electron chi connectivity index (χ1n) is 8.99. The van der Waals surface area contributed by atoms with Gasteiger partial charge in [-0.15, -0.1) is 0 Å². The van der Waals surface area contributed by atoms with Gasteiger partial charge >= 0.3 is 0 Å². The Bertz CT molecular complexity index is 649. The maximum Gasteiger partial charge on any atom is 0.240 e. The molecule has 1 aliphatic heterocycles. The highest BCUT2D eigenvalue weighted by Crippen LogP contribution is 2.15. The van der Waals surface area contributed by atoms with E-state index in [4.69, 9.17) is 0 Å². The van der Waals surface area contributed by atoms with Crippen molar-refractivity contribution >= 4 is 21.6 Å². The van der Waals surface area contributed by atoms with Gasteiger partial charge in [0.1, 0.15) is 0 Å². The fourth-order valence-corrected chi connectivity index (χ4v) is 3.99. The Labute approximate surface area is 151 Å². The second-order valence-corrected chi connectivity index (χ2v) is 8.78. The highest BCUT2D eigenvalue weighted by Gasteiger charge is 2.15. The highest BCUT2D eigenvalue weighted by molar-refractivity contribution is 7.89. The molecule has 25 heavy (non-hydrogen) atoms. The van der Waals surface area contributed by atoms with Gasteiger partial charge < -0.3 is 5.32 Å². The Morgan fingerprint density at radius 3 is 2.24 bits per heavy atom. The molecule has 1 amide bonds. The van der Waals surface area contributed by atoms with Crippen LogP contribution >= 0.6 is 0 Å². The lowest BCUT2D eigenvalue weighted by Gasteiger charge is -2.19. The lowest BCUT2D eigenvalue weighted by atomic mass is 10.2. The number of hydrogen-bond acceptors (Lipinski definition) is 4. The normalized spacial score (nSPS) is 16.6. The molecule has 1 saturated heterocycles. The van der Waals surface area contributed by atoms with Gasteiger partial charge in [0.15, 0.2) is 0 Å². The number of nitrogens with zero attached hydrogens (tertiary/aromatic N) is 1. The van der Waals surface area contributed by atoms with Crippen molar-refractivity contribution in [3.63, 3.8) is 0 Å². The Balaban J connectivity index is 1.89. The van der Waals surface area contributed by atoms with E-state index in [2.05, 4.69) is 14.9 Å². The molecule has 140 valence electrons. The maximum absolute atomic E-state index is 12.2. The topological polar surface area (TPSA) is 78.5 Å². The fraction of sp³-hybridized carbons (Fsp3) is 0.611. The summed E-state index contributed by atoms with van der Waals surface area (Å²) in [6, 6.07) is 6.29. The largest absolute Gasteiger partial charge is 0.325 e. The quantitative estimate of drug-likeness (QED) is 0.776. The standard InChI is InChI=1S/C18H29N3O3S/c1-15(2)13-19-25(23,24)17-9-7-16(8-10-17)20-18(22)14-21-11-5-3-4-6-12-21/h7-10,15,19H,3-6,11-14H2,1-2H3,(H,20,22). The van der Waals surface area contributed by atoms with Crippen molar-refractivity contribution < 1.29 is 13.2 Å². The number of amides is 1. The molecule has 1 aliphatic rings. The molecule has 1 fully saturated rings. The molecule has 1 heterocycles. The smallest absolute Gasteiger partial charge is 0.240 e. The molecule has 2 N–H and O–H groups in total. The Morgan fingerprint density at radius 1 is 1.08 bits per heavy atom. The molecule has 1 aromatic carbocycles. The summed E-state index contributed by atoms with van der Waals surface area (Å²) in [5, 5.41) is 2.84. The molecule has 6 nitrogen and oxygen atoms in total. The van der Waals surface area contributed by atoms with Gasteiger partial charge in [0, 0.05) is 12.2 Å². The van der Waals surface area contributed by atoms with E-state index in [1.165, 1.54) is 25.0 Å². The van der Waals surface area contributed by atoms with Crippen molar-refractivity contribution in [3.8, 4) is 0 Å². The molecule has 0 spiro atoms. The third-order valence-corrected chi connectivity index (χ3v) is 5.64. The Hall–Kier alpha value is -1.44. The van der Waals surface area contributed by atoms with Gasteiger partial charge in [-0.05, 0) is 56.1 Å². The van der Waals surface area contributed by atoms with Crippen LogP contribution in [-0.2, 0) is 14.8 Å². The van der Waals surface area contributed by atoms with Crippen molar-refractivity contribution in [1.82, 2.24) is 9.62 Å². The van der Waals surface area contributed by atoms with Crippen LogP contribution in [0.25, 0.3) is 0 Å². The molecule has 0 aliphatic carbocycles. The third kappa shape index (κ3) is 6.76. The third-order valence-electron chi connectivity index (χ3n) is 4.20. The minimum absolute atomic E-state index is 0.0598. The minimum atomic E-state index is -3.50. The Kier molecular flexibility index (Phi) is 7.40. The van der Waals surface area contributed by atoms with Crippen molar-refractivity contribution in [3.05, 3.63) is 24.3 Å². The fourth-order valence-electron chi connectivity index (χ4n) is 2.78. The first-order chi connectivity index (χ1) is 11.9. The second kappa shape index (κ2) is 9.31. The average molecular weight is 368 g/mol. The summed E-state index contributed by atoms with van der Waals surface area (Å²) in [4.78, 5) is 14.6. The molecule has 7 heteroatoms. The number of hydrogen-bond donors (Lipinski definition) is 2. The van der Waals surface area contributed by atoms with Gasteiger partial charge in [-0.3, -0.25) is 9.69 Å². The first kappa shape index (κ1) is 19.9. The van der Waals surface area contributed by atoms with E-state index in [0.29, 0.717) is 18.8 Å². The number of nitrogens with one attached hydrogen (secondary N) is 2. The zero-order valence-corrected chi connectivity index (χ0v) is 15.9. The lowest BCUT2D eigenvalue weighted by molar-refractivity contribution is -0.117. The summed E-state index contributed by atoms with van der Waals surface area (Å²) in [5.41, 5.74) is 0.614.